The topological polar surface area (TPSA) is 42.2 Å². The summed E-state index contributed by atoms with van der Waals surface area (Å²) in [6.45, 7) is 4.13. The number of anilines is 1. The molecule has 1 saturated heterocycles. The van der Waals surface area contributed by atoms with Crippen molar-refractivity contribution in [3.63, 3.8) is 0 Å². The molecule has 1 aromatic carbocycles. The van der Waals surface area contributed by atoms with E-state index in [2.05, 4.69) is 27.2 Å². The highest BCUT2D eigenvalue weighted by Gasteiger charge is 2.12. The summed E-state index contributed by atoms with van der Waals surface area (Å²) >= 11 is 0. The summed E-state index contributed by atoms with van der Waals surface area (Å²) in [6, 6.07) is 8.33. The molecular formula is C13H15N3O. The Bertz CT molecular complexity index is 498. The molecule has 0 amide bonds. The van der Waals surface area contributed by atoms with Crippen LogP contribution in [-0.2, 0) is 0 Å². The van der Waals surface area contributed by atoms with E-state index in [1.54, 1.807) is 6.92 Å². The fourth-order valence-corrected chi connectivity index (χ4v) is 2.20. The monoisotopic (exact) mass is 229 g/mol. The van der Waals surface area contributed by atoms with Gasteiger partial charge in [-0.3, -0.25) is 0 Å². The first-order valence-electron chi connectivity index (χ1n) is 5.98. The smallest absolute Gasteiger partial charge is 0.247 e. The zero-order chi connectivity index (χ0) is 11.7. The van der Waals surface area contributed by atoms with E-state index < -0.39 is 0 Å². The van der Waals surface area contributed by atoms with Crippen LogP contribution in [0.4, 0.5) is 5.69 Å². The zero-order valence-corrected chi connectivity index (χ0v) is 9.89. The molecule has 0 atom stereocenters. The first kappa shape index (κ1) is 10.3. The molecule has 0 spiro atoms. The van der Waals surface area contributed by atoms with Gasteiger partial charge in [-0.05, 0) is 37.1 Å². The third-order valence-electron chi connectivity index (χ3n) is 3.11. The van der Waals surface area contributed by atoms with Gasteiger partial charge < -0.3 is 9.32 Å². The van der Waals surface area contributed by atoms with Crippen molar-refractivity contribution in [2.75, 3.05) is 18.0 Å². The lowest BCUT2D eigenvalue weighted by Gasteiger charge is -2.17. The van der Waals surface area contributed by atoms with Gasteiger partial charge in [0.25, 0.3) is 0 Å². The highest BCUT2D eigenvalue weighted by molar-refractivity contribution is 5.59. The van der Waals surface area contributed by atoms with Crippen LogP contribution in [0.1, 0.15) is 18.7 Å². The molecular weight excluding hydrogens is 214 g/mol. The Morgan fingerprint density at radius 3 is 2.35 bits per heavy atom. The van der Waals surface area contributed by atoms with Gasteiger partial charge in [0.15, 0.2) is 0 Å². The molecule has 4 heteroatoms. The average molecular weight is 229 g/mol. The van der Waals surface area contributed by atoms with Crippen LogP contribution in [0, 0.1) is 6.92 Å². The van der Waals surface area contributed by atoms with Gasteiger partial charge in [-0.15, -0.1) is 10.2 Å². The van der Waals surface area contributed by atoms with Crippen LogP contribution < -0.4 is 4.90 Å². The zero-order valence-electron chi connectivity index (χ0n) is 9.89. The second-order valence-electron chi connectivity index (χ2n) is 4.37. The van der Waals surface area contributed by atoms with Crippen LogP contribution in [0.25, 0.3) is 11.5 Å². The Morgan fingerprint density at radius 2 is 1.76 bits per heavy atom. The second-order valence-corrected chi connectivity index (χ2v) is 4.37. The summed E-state index contributed by atoms with van der Waals surface area (Å²) in [5, 5.41) is 7.85. The molecule has 4 nitrogen and oxygen atoms in total. The molecule has 17 heavy (non-hydrogen) atoms. The van der Waals surface area contributed by atoms with Crippen LogP contribution in [0.15, 0.2) is 28.7 Å². The van der Waals surface area contributed by atoms with E-state index in [-0.39, 0.29) is 0 Å². The standard InChI is InChI=1S/C13H15N3O/c1-10-14-15-13(17-10)11-4-6-12(7-5-11)16-8-2-3-9-16/h4-7H,2-3,8-9H2,1H3. The molecule has 1 aromatic heterocycles. The molecule has 0 N–H and O–H groups in total. The number of rotatable bonds is 2. The SMILES string of the molecule is Cc1nnc(-c2ccc(N3CCCC3)cc2)o1. The van der Waals surface area contributed by atoms with E-state index >= 15 is 0 Å². The molecule has 0 saturated carbocycles. The molecule has 0 bridgehead atoms. The maximum absolute atomic E-state index is 5.40. The van der Waals surface area contributed by atoms with E-state index in [1.165, 1.54) is 31.6 Å². The molecule has 1 aliphatic heterocycles. The van der Waals surface area contributed by atoms with Crippen LogP contribution in [0.3, 0.4) is 0 Å². The van der Waals surface area contributed by atoms with Crippen molar-refractivity contribution in [2.24, 2.45) is 0 Å². The Hall–Kier alpha value is -1.84. The highest BCUT2D eigenvalue weighted by Crippen LogP contribution is 2.24. The lowest BCUT2D eigenvalue weighted by Crippen LogP contribution is -2.17. The first-order valence-corrected chi connectivity index (χ1v) is 5.98. The summed E-state index contributed by atoms with van der Waals surface area (Å²) in [4.78, 5) is 2.41. The maximum Gasteiger partial charge on any atom is 0.247 e. The van der Waals surface area contributed by atoms with E-state index in [0.29, 0.717) is 11.8 Å². The maximum atomic E-state index is 5.40. The Balaban J connectivity index is 1.84. The predicted octanol–water partition coefficient (Wildman–Crippen LogP) is 2.65. The molecule has 3 rings (SSSR count). The molecule has 0 radical (unpaired) electrons. The molecule has 0 unspecified atom stereocenters. The molecule has 0 aliphatic carbocycles. The van der Waals surface area contributed by atoms with Crippen molar-refractivity contribution in [1.82, 2.24) is 10.2 Å². The lowest BCUT2D eigenvalue weighted by atomic mass is 10.2. The van der Waals surface area contributed by atoms with Gasteiger partial charge in [0.05, 0.1) is 0 Å². The van der Waals surface area contributed by atoms with Crippen LogP contribution in [0.5, 0.6) is 0 Å². The normalized spacial score (nSPS) is 15.5. The van der Waals surface area contributed by atoms with Crippen molar-refractivity contribution < 1.29 is 4.42 Å². The average Bonchev–Trinajstić information content (AvgIpc) is 3.00. The first-order chi connectivity index (χ1) is 8.33. The fourth-order valence-electron chi connectivity index (χ4n) is 2.20. The second kappa shape index (κ2) is 4.20. The van der Waals surface area contributed by atoms with Gasteiger partial charge in [0.2, 0.25) is 11.8 Å². The van der Waals surface area contributed by atoms with Gasteiger partial charge in [-0.1, -0.05) is 0 Å². The van der Waals surface area contributed by atoms with E-state index in [9.17, 15) is 0 Å². The number of aryl methyl sites for hydroxylation is 1. The largest absolute Gasteiger partial charge is 0.421 e. The van der Waals surface area contributed by atoms with Gasteiger partial charge in [0, 0.05) is 31.3 Å². The number of benzene rings is 1. The van der Waals surface area contributed by atoms with E-state index in [1.807, 2.05) is 12.1 Å². The Morgan fingerprint density at radius 1 is 1.06 bits per heavy atom. The third-order valence-corrected chi connectivity index (χ3v) is 3.11. The minimum absolute atomic E-state index is 0.593. The Labute approximate surface area is 100 Å². The van der Waals surface area contributed by atoms with Crippen LogP contribution >= 0.6 is 0 Å². The molecule has 2 heterocycles. The molecule has 1 fully saturated rings. The van der Waals surface area contributed by atoms with E-state index in [0.717, 1.165) is 5.56 Å². The lowest BCUT2D eigenvalue weighted by molar-refractivity contribution is 0.533. The molecule has 88 valence electrons. The summed E-state index contributed by atoms with van der Waals surface area (Å²) in [7, 11) is 0. The van der Waals surface area contributed by atoms with Crippen molar-refractivity contribution in [3.05, 3.63) is 30.2 Å². The predicted molar refractivity (Wildman–Crippen MR) is 65.9 cm³/mol. The molecule has 2 aromatic rings. The van der Waals surface area contributed by atoms with Crippen LogP contribution in [0.2, 0.25) is 0 Å². The minimum Gasteiger partial charge on any atom is -0.421 e. The van der Waals surface area contributed by atoms with Crippen molar-refractivity contribution >= 4 is 5.69 Å². The summed E-state index contributed by atoms with van der Waals surface area (Å²) in [6.07, 6.45) is 2.59. The number of aromatic nitrogens is 2. The summed E-state index contributed by atoms with van der Waals surface area (Å²) in [5.74, 6) is 1.19. The quantitative estimate of drug-likeness (QED) is 0.794. The van der Waals surface area contributed by atoms with Crippen molar-refractivity contribution in [2.45, 2.75) is 19.8 Å². The van der Waals surface area contributed by atoms with Crippen LogP contribution in [-0.4, -0.2) is 23.3 Å². The fraction of sp³-hybridized carbons (Fsp3) is 0.385. The summed E-state index contributed by atoms with van der Waals surface area (Å²) in [5.41, 5.74) is 2.26. The van der Waals surface area contributed by atoms with Crippen molar-refractivity contribution in [3.8, 4) is 11.5 Å². The van der Waals surface area contributed by atoms with Gasteiger partial charge >= 0.3 is 0 Å². The third kappa shape index (κ3) is 2.02. The highest BCUT2D eigenvalue weighted by atomic mass is 16.4. The number of nitrogens with zero attached hydrogens (tertiary/aromatic N) is 3. The van der Waals surface area contributed by atoms with Gasteiger partial charge in [-0.2, -0.15) is 0 Å². The van der Waals surface area contributed by atoms with E-state index in [4.69, 9.17) is 4.42 Å². The Kier molecular flexibility index (Phi) is 2.55. The van der Waals surface area contributed by atoms with Crippen molar-refractivity contribution in [1.29, 1.82) is 0 Å². The van der Waals surface area contributed by atoms with Gasteiger partial charge in [0.1, 0.15) is 0 Å². The number of hydrogen-bond donors (Lipinski definition) is 0. The number of hydrogen-bond acceptors (Lipinski definition) is 4. The van der Waals surface area contributed by atoms with Gasteiger partial charge in [-0.25, -0.2) is 0 Å². The summed E-state index contributed by atoms with van der Waals surface area (Å²) < 4.78 is 5.40. The minimum atomic E-state index is 0.593. The molecule has 1 aliphatic rings.